The van der Waals surface area contributed by atoms with Gasteiger partial charge in [-0.15, -0.1) is 10.2 Å². The van der Waals surface area contributed by atoms with Crippen LogP contribution in [0.5, 0.6) is 5.75 Å². The Morgan fingerprint density at radius 1 is 0.950 bits per heavy atom. The largest absolute Gasteiger partial charge is 0.497 e. The van der Waals surface area contributed by atoms with Crippen LogP contribution in [-0.2, 0) is 0 Å². The average Bonchev–Trinajstić information content (AvgIpc) is 2.97. The van der Waals surface area contributed by atoms with Crippen LogP contribution in [0.4, 0.5) is 0 Å². The lowest BCUT2D eigenvalue weighted by molar-refractivity contribution is 0.414. The van der Waals surface area contributed by atoms with E-state index in [4.69, 9.17) is 9.15 Å². The van der Waals surface area contributed by atoms with Crippen LogP contribution in [0.15, 0.2) is 69.1 Å². The summed E-state index contributed by atoms with van der Waals surface area (Å²) < 4.78 is 10.8. The zero-order chi connectivity index (χ0) is 13.8. The van der Waals surface area contributed by atoms with Gasteiger partial charge in [0.1, 0.15) is 5.75 Å². The van der Waals surface area contributed by atoms with Crippen LogP contribution in [0, 0.1) is 0 Å². The molecule has 3 aromatic rings. The molecule has 2 aromatic carbocycles. The number of benzene rings is 2. The Bertz CT molecular complexity index is 681. The van der Waals surface area contributed by atoms with Crippen molar-refractivity contribution in [3.63, 3.8) is 0 Å². The number of rotatable bonds is 4. The van der Waals surface area contributed by atoms with Crippen molar-refractivity contribution >= 4 is 11.8 Å². The van der Waals surface area contributed by atoms with E-state index in [1.54, 1.807) is 7.11 Å². The fourth-order valence-electron chi connectivity index (χ4n) is 1.69. The predicted octanol–water partition coefficient (Wildman–Crippen LogP) is 3.90. The molecule has 0 amide bonds. The molecule has 0 atom stereocenters. The molecule has 0 saturated carbocycles. The Labute approximate surface area is 120 Å². The van der Waals surface area contributed by atoms with E-state index in [2.05, 4.69) is 10.2 Å². The van der Waals surface area contributed by atoms with Crippen LogP contribution in [0.1, 0.15) is 0 Å². The highest BCUT2D eigenvalue weighted by Crippen LogP contribution is 2.29. The van der Waals surface area contributed by atoms with Crippen molar-refractivity contribution in [1.82, 2.24) is 10.2 Å². The molecule has 0 aliphatic heterocycles. The Morgan fingerprint density at radius 3 is 2.40 bits per heavy atom. The first kappa shape index (κ1) is 12.7. The summed E-state index contributed by atoms with van der Waals surface area (Å²) >= 11 is 1.45. The fourth-order valence-corrected chi connectivity index (χ4v) is 2.39. The van der Waals surface area contributed by atoms with Crippen LogP contribution in [0.2, 0.25) is 0 Å². The number of aromatic nitrogens is 2. The maximum absolute atomic E-state index is 5.65. The summed E-state index contributed by atoms with van der Waals surface area (Å²) in [6.07, 6.45) is 0. The monoisotopic (exact) mass is 284 g/mol. The lowest BCUT2D eigenvalue weighted by atomic mass is 10.2. The van der Waals surface area contributed by atoms with Crippen molar-refractivity contribution in [2.45, 2.75) is 10.1 Å². The second-order valence-corrected chi connectivity index (χ2v) is 5.04. The molecular formula is C15H12N2O2S. The third-order valence-corrected chi connectivity index (χ3v) is 3.54. The van der Waals surface area contributed by atoms with Gasteiger partial charge >= 0.3 is 0 Å². The molecular weight excluding hydrogens is 272 g/mol. The third-order valence-electron chi connectivity index (χ3n) is 2.69. The van der Waals surface area contributed by atoms with E-state index in [0.717, 1.165) is 16.2 Å². The van der Waals surface area contributed by atoms with Crippen LogP contribution in [0.25, 0.3) is 11.5 Å². The summed E-state index contributed by atoms with van der Waals surface area (Å²) in [5.41, 5.74) is 0.873. The topological polar surface area (TPSA) is 48.2 Å². The highest BCUT2D eigenvalue weighted by atomic mass is 32.2. The first-order valence-electron chi connectivity index (χ1n) is 6.06. The van der Waals surface area contributed by atoms with Gasteiger partial charge in [0.2, 0.25) is 5.89 Å². The first-order valence-corrected chi connectivity index (χ1v) is 6.87. The molecule has 0 spiro atoms. The average molecular weight is 284 g/mol. The standard InChI is InChI=1S/C15H12N2O2S/c1-18-12-9-7-11(8-10-12)14-16-17-15(19-14)20-13-5-3-2-4-6-13/h2-10H,1H3. The zero-order valence-corrected chi connectivity index (χ0v) is 11.6. The van der Waals surface area contributed by atoms with E-state index in [9.17, 15) is 0 Å². The van der Waals surface area contributed by atoms with Gasteiger partial charge in [-0.25, -0.2) is 0 Å². The predicted molar refractivity (Wildman–Crippen MR) is 76.9 cm³/mol. The molecule has 4 nitrogen and oxygen atoms in total. The van der Waals surface area contributed by atoms with Gasteiger partial charge < -0.3 is 9.15 Å². The third kappa shape index (κ3) is 2.83. The van der Waals surface area contributed by atoms with E-state index < -0.39 is 0 Å². The van der Waals surface area contributed by atoms with Gasteiger partial charge in [-0.3, -0.25) is 0 Å². The Hall–Kier alpha value is -2.27. The summed E-state index contributed by atoms with van der Waals surface area (Å²) in [6.45, 7) is 0. The Kier molecular flexibility index (Phi) is 3.69. The maximum Gasteiger partial charge on any atom is 0.281 e. The van der Waals surface area contributed by atoms with Gasteiger partial charge in [0.05, 0.1) is 7.11 Å². The van der Waals surface area contributed by atoms with E-state index >= 15 is 0 Å². The minimum Gasteiger partial charge on any atom is -0.497 e. The van der Waals surface area contributed by atoms with Crippen LogP contribution < -0.4 is 4.74 Å². The van der Waals surface area contributed by atoms with Crippen molar-refractivity contribution in [2.24, 2.45) is 0 Å². The summed E-state index contributed by atoms with van der Waals surface area (Å²) in [7, 11) is 1.64. The molecule has 3 rings (SSSR count). The van der Waals surface area contributed by atoms with Crippen molar-refractivity contribution in [2.75, 3.05) is 7.11 Å². The second kappa shape index (κ2) is 5.79. The first-order chi connectivity index (χ1) is 9.85. The molecule has 1 aromatic heterocycles. The molecule has 0 saturated heterocycles. The minimum atomic E-state index is 0.506. The normalized spacial score (nSPS) is 10.4. The van der Waals surface area contributed by atoms with E-state index in [1.807, 2.05) is 54.6 Å². The molecule has 0 aliphatic carbocycles. The molecule has 5 heteroatoms. The summed E-state index contributed by atoms with van der Waals surface area (Å²) in [5, 5.41) is 8.63. The smallest absolute Gasteiger partial charge is 0.281 e. The number of hydrogen-bond acceptors (Lipinski definition) is 5. The molecule has 0 N–H and O–H groups in total. The van der Waals surface area contributed by atoms with E-state index in [0.29, 0.717) is 11.1 Å². The number of nitrogens with zero attached hydrogens (tertiary/aromatic N) is 2. The molecule has 100 valence electrons. The minimum absolute atomic E-state index is 0.506. The molecule has 0 aliphatic rings. The molecule has 0 bridgehead atoms. The zero-order valence-electron chi connectivity index (χ0n) is 10.8. The van der Waals surface area contributed by atoms with E-state index in [-0.39, 0.29) is 0 Å². The molecule has 0 radical (unpaired) electrons. The highest BCUT2D eigenvalue weighted by molar-refractivity contribution is 7.99. The van der Waals surface area contributed by atoms with Crippen LogP contribution >= 0.6 is 11.8 Å². The van der Waals surface area contributed by atoms with Crippen molar-refractivity contribution in [3.8, 4) is 17.2 Å². The van der Waals surface area contributed by atoms with Crippen molar-refractivity contribution in [3.05, 3.63) is 54.6 Å². The Balaban J connectivity index is 1.79. The molecule has 0 unspecified atom stereocenters. The van der Waals surface area contributed by atoms with Crippen LogP contribution in [-0.4, -0.2) is 17.3 Å². The second-order valence-electron chi connectivity index (χ2n) is 4.02. The summed E-state index contributed by atoms with van der Waals surface area (Å²) in [5.74, 6) is 1.30. The van der Waals surface area contributed by atoms with Gasteiger partial charge in [-0.1, -0.05) is 18.2 Å². The number of methoxy groups -OCH3 is 1. The van der Waals surface area contributed by atoms with Gasteiger partial charge in [-0.05, 0) is 48.2 Å². The van der Waals surface area contributed by atoms with Gasteiger partial charge in [0.15, 0.2) is 0 Å². The lowest BCUT2D eigenvalue weighted by Gasteiger charge is -1.99. The highest BCUT2D eigenvalue weighted by Gasteiger charge is 2.09. The quantitative estimate of drug-likeness (QED) is 0.727. The number of hydrogen-bond donors (Lipinski definition) is 0. The SMILES string of the molecule is COc1ccc(-c2nnc(Sc3ccccc3)o2)cc1. The number of ether oxygens (including phenoxy) is 1. The summed E-state index contributed by atoms with van der Waals surface area (Å²) in [6, 6.07) is 17.4. The van der Waals surface area contributed by atoms with Gasteiger partial charge in [-0.2, -0.15) is 0 Å². The van der Waals surface area contributed by atoms with Gasteiger partial charge in [0, 0.05) is 10.5 Å². The molecule has 20 heavy (non-hydrogen) atoms. The van der Waals surface area contributed by atoms with Crippen LogP contribution in [0.3, 0.4) is 0 Å². The lowest BCUT2D eigenvalue weighted by Crippen LogP contribution is -1.82. The molecule has 1 heterocycles. The van der Waals surface area contributed by atoms with Crippen molar-refractivity contribution < 1.29 is 9.15 Å². The Morgan fingerprint density at radius 2 is 1.70 bits per heavy atom. The van der Waals surface area contributed by atoms with Gasteiger partial charge in [0.25, 0.3) is 5.22 Å². The maximum atomic E-state index is 5.65. The fraction of sp³-hybridized carbons (Fsp3) is 0.0667. The van der Waals surface area contributed by atoms with E-state index in [1.165, 1.54) is 11.8 Å². The molecule has 0 fully saturated rings. The summed E-state index contributed by atoms with van der Waals surface area (Å²) in [4.78, 5) is 1.07. The van der Waals surface area contributed by atoms with Crippen molar-refractivity contribution in [1.29, 1.82) is 0 Å².